The van der Waals surface area contributed by atoms with E-state index in [-0.39, 0.29) is 30.1 Å². The largest absolute Gasteiger partial charge is 0.370 e. The summed E-state index contributed by atoms with van der Waals surface area (Å²) >= 11 is 0. The van der Waals surface area contributed by atoms with E-state index in [0.717, 1.165) is 41.7 Å². The van der Waals surface area contributed by atoms with Crippen LogP contribution in [0.5, 0.6) is 0 Å². The predicted molar refractivity (Wildman–Crippen MR) is 123 cm³/mol. The van der Waals surface area contributed by atoms with Crippen molar-refractivity contribution in [2.45, 2.75) is 12.6 Å². The van der Waals surface area contributed by atoms with Crippen LogP contribution >= 0.6 is 24.0 Å². The number of imidazole rings is 1. The number of aliphatic imine (C=N–C) groups is 1. The Hall–Kier alpha value is -2.40. The van der Waals surface area contributed by atoms with Gasteiger partial charge in [-0.1, -0.05) is 30.3 Å². The molecule has 8 nitrogen and oxygen atoms in total. The van der Waals surface area contributed by atoms with Crippen LogP contribution in [0.2, 0.25) is 0 Å². The van der Waals surface area contributed by atoms with E-state index in [0.29, 0.717) is 13.2 Å². The first-order valence-electron chi connectivity index (χ1n) is 9.38. The van der Waals surface area contributed by atoms with E-state index in [4.69, 9.17) is 4.74 Å². The highest BCUT2D eigenvalue weighted by Gasteiger charge is 2.25. The van der Waals surface area contributed by atoms with Crippen molar-refractivity contribution in [3.05, 3.63) is 60.3 Å². The number of nitrogens with zero attached hydrogens (tertiary/aromatic N) is 5. The second-order valence-corrected chi connectivity index (χ2v) is 6.76. The normalized spacial score (nSPS) is 17.1. The van der Waals surface area contributed by atoms with E-state index in [9.17, 15) is 0 Å². The fourth-order valence-electron chi connectivity index (χ4n) is 3.36. The summed E-state index contributed by atoms with van der Waals surface area (Å²) in [6, 6.07) is 10.2. The third-order valence-electron chi connectivity index (χ3n) is 4.80. The van der Waals surface area contributed by atoms with Gasteiger partial charge in [0.15, 0.2) is 5.96 Å². The molecule has 3 aromatic rings. The van der Waals surface area contributed by atoms with Gasteiger partial charge in [0.2, 0.25) is 0 Å². The highest BCUT2D eigenvalue weighted by Crippen LogP contribution is 2.21. The number of H-pyrrole nitrogens is 1. The fourth-order valence-corrected chi connectivity index (χ4v) is 3.36. The number of morpholine rings is 1. The third kappa shape index (κ3) is 5.15. The van der Waals surface area contributed by atoms with Gasteiger partial charge < -0.3 is 19.9 Å². The first kappa shape index (κ1) is 21.3. The average molecular weight is 507 g/mol. The zero-order valence-corrected chi connectivity index (χ0v) is 18.9. The van der Waals surface area contributed by atoms with Gasteiger partial charge in [0.05, 0.1) is 37.8 Å². The molecule has 1 fully saturated rings. The van der Waals surface area contributed by atoms with Gasteiger partial charge in [0.1, 0.15) is 11.9 Å². The molecule has 0 aliphatic carbocycles. The number of hydrogen-bond acceptors (Lipinski definition) is 4. The molecule has 3 heterocycles. The maximum atomic E-state index is 5.92. The van der Waals surface area contributed by atoms with Crippen LogP contribution in [0.3, 0.4) is 0 Å². The molecule has 1 saturated heterocycles. The summed E-state index contributed by atoms with van der Waals surface area (Å²) in [6.45, 7) is 2.76. The summed E-state index contributed by atoms with van der Waals surface area (Å²) in [5.74, 6) is 1.71. The van der Waals surface area contributed by atoms with Gasteiger partial charge in [0.25, 0.3) is 0 Å². The van der Waals surface area contributed by atoms with Crippen LogP contribution in [0, 0.1) is 0 Å². The molecule has 4 rings (SSSR count). The predicted octanol–water partition coefficient (Wildman–Crippen LogP) is 2.58. The summed E-state index contributed by atoms with van der Waals surface area (Å²) in [5.41, 5.74) is 3.22. The number of hydrogen-bond donors (Lipinski definition) is 2. The molecule has 154 valence electrons. The zero-order valence-electron chi connectivity index (χ0n) is 16.6. The molecule has 29 heavy (non-hydrogen) atoms. The van der Waals surface area contributed by atoms with Crippen molar-refractivity contribution in [3.63, 3.8) is 0 Å². The summed E-state index contributed by atoms with van der Waals surface area (Å²) in [4.78, 5) is 14.5. The van der Waals surface area contributed by atoms with Crippen LogP contribution in [-0.2, 0) is 18.3 Å². The molecule has 2 N–H and O–H groups in total. The van der Waals surface area contributed by atoms with Crippen molar-refractivity contribution in [2.24, 2.45) is 12.0 Å². The number of aromatic amines is 1. The number of benzene rings is 1. The van der Waals surface area contributed by atoms with Crippen LogP contribution < -0.4 is 5.32 Å². The first-order valence-corrected chi connectivity index (χ1v) is 9.38. The Morgan fingerprint density at radius 2 is 2.14 bits per heavy atom. The van der Waals surface area contributed by atoms with Crippen LogP contribution in [0.4, 0.5) is 0 Å². The topological polar surface area (TPSA) is 83.4 Å². The van der Waals surface area contributed by atoms with Gasteiger partial charge in [-0.2, -0.15) is 5.10 Å². The van der Waals surface area contributed by atoms with Gasteiger partial charge in [-0.15, -0.1) is 24.0 Å². The van der Waals surface area contributed by atoms with E-state index in [1.165, 1.54) is 0 Å². The lowest BCUT2D eigenvalue weighted by Gasteiger charge is -2.34. The standard InChI is InChI=1S/C20H25N7O.HI/c1-21-20(27-8-9-28-18(14-27)16-10-24-26(2)13-16)23-12-19-22-11-17(25-19)15-6-4-3-5-7-15;/h3-7,10-11,13,18H,8-9,12,14H2,1-2H3,(H,21,23)(H,22,25);1H. The zero-order chi connectivity index (χ0) is 19.3. The maximum absolute atomic E-state index is 5.92. The van der Waals surface area contributed by atoms with Gasteiger partial charge in [-0.3, -0.25) is 9.67 Å². The molecular weight excluding hydrogens is 481 g/mol. The molecule has 1 aliphatic rings. The molecule has 0 radical (unpaired) electrons. The summed E-state index contributed by atoms with van der Waals surface area (Å²) in [7, 11) is 3.71. The average Bonchev–Trinajstić information content (AvgIpc) is 3.39. The van der Waals surface area contributed by atoms with Crippen molar-refractivity contribution in [1.82, 2.24) is 30.0 Å². The Balaban J connectivity index is 0.00000240. The minimum Gasteiger partial charge on any atom is -0.370 e. The Bertz CT molecular complexity index is 937. The van der Waals surface area contributed by atoms with Gasteiger partial charge >= 0.3 is 0 Å². The molecule has 1 unspecified atom stereocenters. The van der Waals surface area contributed by atoms with E-state index in [2.05, 4.69) is 42.4 Å². The van der Waals surface area contributed by atoms with Crippen molar-refractivity contribution in [3.8, 4) is 11.3 Å². The van der Waals surface area contributed by atoms with Gasteiger partial charge in [0, 0.05) is 32.4 Å². The number of aryl methyl sites for hydroxylation is 1. The Morgan fingerprint density at radius 1 is 1.31 bits per heavy atom. The quantitative estimate of drug-likeness (QED) is 0.322. The SMILES string of the molecule is CN=C(NCc1ncc(-c2ccccc2)[nH]1)N1CCOC(c2cnn(C)c2)C1.I. The molecule has 2 aromatic heterocycles. The maximum Gasteiger partial charge on any atom is 0.194 e. The van der Waals surface area contributed by atoms with Crippen LogP contribution in [0.25, 0.3) is 11.3 Å². The Kier molecular flexibility index (Phi) is 7.26. The minimum atomic E-state index is -0.00528. The second-order valence-electron chi connectivity index (χ2n) is 6.76. The second kappa shape index (κ2) is 9.88. The van der Waals surface area contributed by atoms with Crippen LogP contribution in [-0.4, -0.2) is 57.4 Å². The van der Waals surface area contributed by atoms with Crippen molar-refractivity contribution in [1.29, 1.82) is 0 Å². The van der Waals surface area contributed by atoms with Crippen LogP contribution in [0.1, 0.15) is 17.5 Å². The van der Waals surface area contributed by atoms with E-state index in [1.807, 2.05) is 43.8 Å². The molecule has 0 amide bonds. The fraction of sp³-hybridized carbons (Fsp3) is 0.350. The van der Waals surface area contributed by atoms with E-state index >= 15 is 0 Å². The summed E-state index contributed by atoms with van der Waals surface area (Å²) in [5, 5.41) is 7.65. The van der Waals surface area contributed by atoms with Crippen molar-refractivity contribution >= 4 is 29.9 Å². The summed E-state index contributed by atoms with van der Waals surface area (Å²) < 4.78 is 7.72. The Labute approximate surface area is 187 Å². The summed E-state index contributed by atoms with van der Waals surface area (Å²) in [6.07, 6.45) is 5.72. The highest BCUT2D eigenvalue weighted by atomic mass is 127. The third-order valence-corrected chi connectivity index (χ3v) is 4.80. The van der Waals surface area contributed by atoms with Gasteiger partial charge in [-0.05, 0) is 5.56 Å². The molecule has 1 aromatic carbocycles. The molecule has 0 bridgehead atoms. The van der Waals surface area contributed by atoms with Crippen molar-refractivity contribution in [2.75, 3.05) is 26.7 Å². The minimum absolute atomic E-state index is 0. The molecule has 0 spiro atoms. The number of nitrogens with one attached hydrogen (secondary N) is 2. The van der Waals surface area contributed by atoms with Crippen molar-refractivity contribution < 1.29 is 4.74 Å². The highest BCUT2D eigenvalue weighted by molar-refractivity contribution is 14.0. The molecular formula is C20H26IN7O. The molecule has 1 aliphatic heterocycles. The molecule has 0 saturated carbocycles. The molecule has 1 atom stereocenters. The monoisotopic (exact) mass is 507 g/mol. The van der Waals surface area contributed by atoms with E-state index in [1.54, 1.807) is 11.7 Å². The number of halogens is 1. The van der Waals surface area contributed by atoms with Gasteiger partial charge in [-0.25, -0.2) is 4.98 Å². The van der Waals surface area contributed by atoms with Crippen LogP contribution in [0.15, 0.2) is 53.9 Å². The number of aromatic nitrogens is 4. The lowest BCUT2D eigenvalue weighted by molar-refractivity contribution is -0.00806. The molecule has 9 heteroatoms. The van der Waals surface area contributed by atoms with E-state index < -0.39 is 0 Å². The number of ether oxygens (including phenoxy) is 1. The Morgan fingerprint density at radius 3 is 2.86 bits per heavy atom. The smallest absolute Gasteiger partial charge is 0.194 e. The lowest BCUT2D eigenvalue weighted by atomic mass is 10.1. The lowest BCUT2D eigenvalue weighted by Crippen LogP contribution is -2.48. The first-order chi connectivity index (χ1) is 13.7. The number of guanidine groups is 1. The number of rotatable bonds is 4.